The number of hydrogen-bond acceptors (Lipinski definition) is 3. The van der Waals surface area contributed by atoms with E-state index in [1.165, 1.54) is 18.2 Å². The number of nitrogens with one attached hydrogen (secondary N) is 1. The highest BCUT2D eigenvalue weighted by Gasteiger charge is 2.19. The third-order valence-electron chi connectivity index (χ3n) is 2.97. The quantitative estimate of drug-likeness (QED) is 0.774. The van der Waals surface area contributed by atoms with Gasteiger partial charge in [-0.25, -0.2) is 4.79 Å². The second-order valence-corrected chi connectivity index (χ2v) is 4.87. The summed E-state index contributed by atoms with van der Waals surface area (Å²) in [5.74, 6) is -1.42. The summed E-state index contributed by atoms with van der Waals surface area (Å²) in [6.45, 7) is 3.82. The van der Waals surface area contributed by atoms with Crippen molar-refractivity contribution in [2.45, 2.75) is 26.3 Å². The fourth-order valence-electron chi connectivity index (χ4n) is 1.52. The third kappa shape index (κ3) is 4.22. The first-order valence-electron chi connectivity index (χ1n) is 5.95. The molecule has 1 aromatic rings. The van der Waals surface area contributed by atoms with Gasteiger partial charge in [0.1, 0.15) is 0 Å². The van der Waals surface area contributed by atoms with Crippen LogP contribution in [0.2, 0.25) is 5.02 Å². The average molecular weight is 285 g/mol. The molecule has 0 spiro atoms. The number of carbonyl (C=O) groups is 2. The van der Waals surface area contributed by atoms with E-state index in [0.717, 1.165) is 6.42 Å². The molecule has 1 unspecified atom stereocenters. The monoisotopic (exact) mass is 284 g/mol. The fraction of sp³-hybridized carbons (Fsp3) is 0.385. The Bertz CT molecular complexity index is 491. The molecule has 19 heavy (non-hydrogen) atoms. The summed E-state index contributed by atoms with van der Waals surface area (Å²) in [7, 11) is 0. The van der Waals surface area contributed by atoms with Crippen molar-refractivity contribution in [3.8, 4) is 0 Å². The smallest absolute Gasteiger partial charge is 0.335 e. The first-order valence-corrected chi connectivity index (χ1v) is 6.33. The van der Waals surface area contributed by atoms with E-state index in [1.54, 1.807) is 0 Å². The summed E-state index contributed by atoms with van der Waals surface area (Å²) in [6.07, 6.45) is 0.782. The number of halogens is 1. The minimum atomic E-state index is -1.11. The van der Waals surface area contributed by atoms with Gasteiger partial charge in [0.25, 0.3) is 0 Å². The maximum Gasteiger partial charge on any atom is 0.335 e. The first-order chi connectivity index (χ1) is 8.85. The fourth-order valence-corrected chi connectivity index (χ4v) is 1.76. The molecule has 4 N–H and O–H groups in total. The lowest BCUT2D eigenvalue weighted by atomic mass is 9.99. The first kappa shape index (κ1) is 15.5. The number of rotatable bonds is 5. The van der Waals surface area contributed by atoms with Gasteiger partial charge in [-0.05, 0) is 24.1 Å². The van der Waals surface area contributed by atoms with Crippen LogP contribution in [0, 0.1) is 5.92 Å². The van der Waals surface area contributed by atoms with Gasteiger partial charge in [-0.2, -0.15) is 0 Å². The van der Waals surface area contributed by atoms with E-state index in [4.69, 9.17) is 22.4 Å². The van der Waals surface area contributed by atoms with Gasteiger partial charge in [-0.15, -0.1) is 0 Å². The molecule has 0 heterocycles. The Hall–Kier alpha value is -1.59. The molecule has 1 aromatic carbocycles. The van der Waals surface area contributed by atoms with E-state index in [1.807, 2.05) is 13.8 Å². The van der Waals surface area contributed by atoms with E-state index >= 15 is 0 Å². The van der Waals surface area contributed by atoms with Gasteiger partial charge in [-0.1, -0.05) is 31.9 Å². The van der Waals surface area contributed by atoms with Crippen molar-refractivity contribution in [3.05, 3.63) is 28.8 Å². The Kier molecular flexibility index (Phi) is 5.32. The van der Waals surface area contributed by atoms with E-state index in [2.05, 4.69) is 5.32 Å². The van der Waals surface area contributed by atoms with Crippen molar-refractivity contribution in [3.63, 3.8) is 0 Å². The molecular weight excluding hydrogens is 268 g/mol. The van der Waals surface area contributed by atoms with Crippen LogP contribution < -0.4 is 11.1 Å². The Balaban J connectivity index is 2.88. The molecule has 0 fully saturated rings. The molecule has 0 aliphatic carbocycles. The number of aromatic carboxylic acids is 1. The summed E-state index contributed by atoms with van der Waals surface area (Å²) < 4.78 is 0. The summed E-state index contributed by atoms with van der Waals surface area (Å²) in [4.78, 5) is 22.8. The van der Waals surface area contributed by atoms with Crippen LogP contribution in [0.4, 0.5) is 5.69 Å². The number of amides is 1. The predicted molar refractivity (Wildman–Crippen MR) is 74.5 cm³/mol. The number of anilines is 1. The van der Waals surface area contributed by atoms with Crippen molar-refractivity contribution in [2.75, 3.05) is 5.32 Å². The zero-order valence-corrected chi connectivity index (χ0v) is 11.6. The van der Waals surface area contributed by atoms with Crippen LogP contribution in [0.15, 0.2) is 18.2 Å². The molecule has 6 heteroatoms. The van der Waals surface area contributed by atoms with E-state index < -0.39 is 12.0 Å². The van der Waals surface area contributed by atoms with Gasteiger partial charge >= 0.3 is 5.97 Å². The van der Waals surface area contributed by atoms with Gasteiger partial charge in [0, 0.05) is 10.7 Å². The maximum atomic E-state index is 11.9. The molecular formula is C13H17ClN2O3. The summed E-state index contributed by atoms with van der Waals surface area (Å²) in [5, 5.41) is 11.7. The van der Waals surface area contributed by atoms with Crippen molar-refractivity contribution in [1.82, 2.24) is 0 Å². The lowest BCUT2D eigenvalue weighted by Gasteiger charge is -2.18. The second kappa shape index (κ2) is 6.54. The number of nitrogens with two attached hydrogens (primary N) is 1. The molecule has 0 saturated heterocycles. The molecule has 104 valence electrons. The lowest BCUT2D eigenvalue weighted by molar-refractivity contribution is -0.118. The Morgan fingerprint density at radius 3 is 2.58 bits per heavy atom. The molecule has 0 aliphatic heterocycles. The predicted octanol–water partition coefficient (Wildman–Crippen LogP) is 2.35. The van der Waals surface area contributed by atoms with Crippen LogP contribution in [-0.4, -0.2) is 23.0 Å². The molecule has 1 amide bonds. The highest BCUT2D eigenvalue weighted by atomic mass is 35.5. The minimum Gasteiger partial charge on any atom is -0.478 e. The van der Waals surface area contributed by atoms with Crippen molar-refractivity contribution in [1.29, 1.82) is 0 Å². The summed E-state index contributed by atoms with van der Waals surface area (Å²) >= 11 is 5.80. The molecule has 2 atom stereocenters. The SMILES string of the molecule is CCC(C)[C@H](N)C(=O)Nc1cc(Cl)cc(C(=O)O)c1. The van der Waals surface area contributed by atoms with Crippen LogP contribution in [0.5, 0.6) is 0 Å². The molecule has 0 aliphatic rings. The minimum absolute atomic E-state index is 0.0138. The van der Waals surface area contributed by atoms with Crippen LogP contribution >= 0.6 is 11.6 Å². The number of benzene rings is 1. The molecule has 0 aromatic heterocycles. The summed E-state index contributed by atoms with van der Waals surface area (Å²) in [5.41, 5.74) is 6.13. The van der Waals surface area contributed by atoms with E-state index in [9.17, 15) is 9.59 Å². The molecule has 0 saturated carbocycles. The number of carbonyl (C=O) groups excluding carboxylic acids is 1. The maximum absolute atomic E-state index is 11.9. The zero-order valence-electron chi connectivity index (χ0n) is 10.8. The van der Waals surface area contributed by atoms with Crippen LogP contribution in [0.1, 0.15) is 30.6 Å². The van der Waals surface area contributed by atoms with Crippen molar-refractivity contribution >= 4 is 29.2 Å². The molecule has 5 nitrogen and oxygen atoms in total. The highest BCUT2D eigenvalue weighted by molar-refractivity contribution is 6.31. The zero-order chi connectivity index (χ0) is 14.6. The average Bonchev–Trinajstić information content (AvgIpc) is 2.35. The summed E-state index contributed by atoms with van der Waals surface area (Å²) in [6, 6.07) is 3.50. The third-order valence-corrected chi connectivity index (χ3v) is 3.19. The number of carboxylic acids is 1. The van der Waals surface area contributed by atoms with Crippen molar-refractivity contribution in [2.24, 2.45) is 11.7 Å². The van der Waals surface area contributed by atoms with Gasteiger partial charge in [0.05, 0.1) is 11.6 Å². The van der Waals surface area contributed by atoms with Crippen molar-refractivity contribution < 1.29 is 14.7 Å². The van der Waals surface area contributed by atoms with Crippen LogP contribution in [-0.2, 0) is 4.79 Å². The molecule has 0 bridgehead atoms. The van der Waals surface area contributed by atoms with Crippen LogP contribution in [0.25, 0.3) is 0 Å². The Morgan fingerprint density at radius 2 is 2.05 bits per heavy atom. The standard InChI is InChI=1S/C13H17ClN2O3/c1-3-7(2)11(15)12(17)16-10-5-8(13(18)19)4-9(14)6-10/h4-7,11H,3,15H2,1-2H3,(H,16,17)(H,18,19)/t7?,11-/m0/s1. The normalized spacial score (nSPS) is 13.7. The molecule has 0 radical (unpaired) electrons. The van der Waals surface area contributed by atoms with Crippen LogP contribution in [0.3, 0.4) is 0 Å². The van der Waals surface area contributed by atoms with E-state index in [0.29, 0.717) is 5.69 Å². The Labute approximate surface area is 116 Å². The molecule has 1 rings (SSSR count). The topological polar surface area (TPSA) is 92.4 Å². The highest BCUT2D eigenvalue weighted by Crippen LogP contribution is 2.20. The van der Waals surface area contributed by atoms with Gasteiger partial charge in [0.15, 0.2) is 0 Å². The van der Waals surface area contributed by atoms with Gasteiger partial charge < -0.3 is 16.2 Å². The number of carboxylic acid groups (broad SMARTS) is 1. The lowest BCUT2D eigenvalue weighted by Crippen LogP contribution is -2.40. The van der Waals surface area contributed by atoms with E-state index in [-0.39, 0.29) is 22.4 Å². The largest absolute Gasteiger partial charge is 0.478 e. The Morgan fingerprint density at radius 1 is 1.42 bits per heavy atom. The number of hydrogen-bond donors (Lipinski definition) is 3. The second-order valence-electron chi connectivity index (χ2n) is 4.43. The van der Waals surface area contributed by atoms with Gasteiger partial charge in [0.2, 0.25) is 5.91 Å². The van der Waals surface area contributed by atoms with Gasteiger partial charge in [-0.3, -0.25) is 4.79 Å².